The van der Waals surface area contributed by atoms with E-state index in [9.17, 15) is 0 Å². The first-order chi connectivity index (χ1) is 6.34. The van der Waals surface area contributed by atoms with Gasteiger partial charge in [0.2, 0.25) is 0 Å². The summed E-state index contributed by atoms with van der Waals surface area (Å²) in [4.78, 5) is 8.19. The van der Waals surface area contributed by atoms with Crippen LogP contribution in [-0.4, -0.2) is 9.97 Å². The van der Waals surface area contributed by atoms with Crippen LogP contribution in [0.1, 0.15) is 4.88 Å². The Balaban J connectivity index is 1.93. The third kappa shape index (κ3) is 2.32. The Bertz CT molecular complexity index is 368. The zero-order chi connectivity index (χ0) is 9.10. The second-order valence-corrected chi connectivity index (χ2v) is 5.07. The van der Waals surface area contributed by atoms with E-state index in [0.717, 1.165) is 16.1 Å². The summed E-state index contributed by atoms with van der Waals surface area (Å²) in [7, 11) is 0. The van der Waals surface area contributed by atoms with E-state index in [0.29, 0.717) is 0 Å². The summed E-state index contributed by atoms with van der Waals surface area (Å²) in [6, 6.07) is 4.15. The molecule has 2 aromatic heterocycles. The maximum atomic E-state index is 3.92. The van der Waals surface area contributed by atoms with E-state index in [1.54, 1.807) is 23.9 Å². The number of hydrogen-bond donors (Lipinski definition) is 2. The van der Waals surface area contributed by atoms with Crippen LogP contribution in [0.3, 0.4) is 0 Å². The topological polar surface area (TPSA) is 40.7 Å². The summed E-state index contributed by atoms with van der Waals surface area (Å²) in [6.45, 7) is 0.832. The van der Waals surface area contributed by atoms with Crippen molar-refractivity contribution in [2.75, 3.05) is 5.32 Å². The smallest absolute Gasteiger partial charge is 0.123 e. The highest BCUT2D eigenvalue weighted by Crippen LogP contribution is 2.22. The van der Waals surface area contributed by atoms with Crippen LogP contribution in [0, 0.1) is 0 Å². The first-order valence-corrected chi connectivity index (χ1v) is 5.42. The van der Waals surface area contributed by atoms with Crippen LogP contribution in [0.4, 0.5) is 5.82 Å². The molecule has 0 amide bonds. The standard InChI is InChI=1S/C8H8BrN3S/c9-7-2-1-6(13-7)3-11-8-4-10-5-12-8/h1-2,4-5,11H,3H2,(H,10,12). The van der Waals surface area contributed by atoms with Gasteiger partial charge in [-0.3, -0.25) is 0 Å². The average Bonchev–Trinajstić information content (AvgIpc) is 2.71. The summed E-state index contributed by atoms with van der Waals surface area (Å²) in [5.74, 6) is 0.949. The lowest BCUT2D eigenvalue weighted by molar-refractivity contribution is 1.16. The number of imidazole rings is 1. The Morgan fingerprint density at radius 3 is 3.08 bits per heavy atom. The average molecular weight is 258 g/mol. The molecule has 2 rings (SSSR count). The van der Waals surface area contributed by atoms with E-state index < -0.39 is 0 Å². The lowest BCUT2D eigenvalue weighted by Gasteiger charge is -1.99. The number of thiophene rings is 1. The molecule has 2 aromatic rings. The van der Waals surface area contributed by atoms with Crippen molar-refractivity contribution < 1.29 is 0 Å². The number of aromatic nitrogens is 2. The molecule has 2 N–H and O–H groups in total. The SMILES string of the molecule is Brc1ccc(CNc2cnc[nH]2)s1. The van der Waals surface area contributed by atoms with Gasteiger partial charge in [-0.2, -0.15) is 0 Å². The van der Waals surface area contributed by atoms with Crippen LogP contribution in [-0.2, 0) is 6.54 Å². The van der Waals surface area contributed by atoms with Crippen LogP contribution in [0.5, 0.6) is 0 Å². The Morgan fingerprint density at radius 1 is 1.54 bits per heavy atom. The van der Waals surface area contributed by atoms with Gasteiger partial charge in [0.05, 0.1) is 22.9 Å². The van der Waals surface area contributed by atoms with Gasteiger partial charge in [0.15, 0.2) is 0 Å². The van der Waals surface area contributed by atoms with Gasteiger partial charge in [0.1, 0.15) is 5.82 Å². The molecule has 0 aliphatic carbocycles. The van der Waals surface area contributed by atoms with Crippen molar-refractivity contribution in [1.82, 2.24) is 9.97 Å². The number of hydrogen-bond acceptors (Lipinski definition) is 3. The first kappa shape index (κ1) is 8.77. The number of halogens is 1. The van der Waals surface area contributed by atoms with Gasteiger partial charge >= 0.3 is 0 Å². The van der Waals surface area contributed by atoms with Crippen molar-refractivity contribution in [1.29, 1.82) is 0 Å². The molecule has 0 aromatic carbocycles. The van der Waals surface area contributed by atoms with E-state index in [4.69, 9.17) is 0 Å². The predicted octanol–water partition coefficient (Wildman–Crippen LogP) is 2.85. The van der Waals surface area contributed by atoms with E-state index >= 15 is 0 Å². The Kier molecular flexibility index (Phi) is 2.65. The maximum Gasteiger partial charge on any atom is 0.123 e. The first-order valence-electron chi connectivity index (χ1n) is 3.81. The fourth-order valence-corrected chi connectivity index (χ4v) is 2.40. The fourth-order valence-electron chi connectivity index (χ4n) is 0.982. The molecule has 68 valence electrons. The van der Waals surface area contributed by atoms with Gasteiger partial charge in [-0.05, 0) is 28.1 Å². The lowest BCUT2D eigenvalue weighted by Crippen LogP contribution is -1.96. The number of aromatic amines is 1. The molecule has 3 nitrogen and oxygen atoms in total. The molecule has 5 heteroatoms. The molecule has 0 atom stereocenters. The fraction of sp³-hybridized carbons (Fsp3) is 0.125. The molecule has 0 saturated heterocycles. The summed E-state index contributed by atoms with van der Waals surface area (Å²) in [5, 5.41) is 3.23. The molecule has 0 radical (unpaired) electrons. The molecule has 0 fully saturated rings. The van der Waals surface area contributed by atoms with Crippen LogP contribution < -0.4 is 5.32 Å². The van der Waals surface area contributed by atoms with E-state index in [1.165, 1.54) is 4.88 Å². The summed E-state index contributed by atoms with van der Waals surface area (Å²) in [6.07, 6.45) is 3.43. The van der Waals surface area contributed by atoms with Crippen LogP contribution >= 0.6 is 27.3 Å². The van der Waals surface area contributed by atoms with Gasteiger partial charge in [-0.15, -0.1) is 11.3 Å². The molecule has 0 saturated carbocycles. The molecule has 0 aliphatic heterocycles. The van der Waals surface area contributed by atoms with Crippen molar-refractivity contribution in [3.63, 3.8) is 0 Å². The second-order valence-electron chi connectivity index (χ2n) is 2.52. The Hall–Kier alpha value is -0.810. The highest BCUT2D eigenvalue weighted by Gasteiger charge is 1.97. The van der Waals surface area contributed by atoms with Gasteiger partial charge in [-0.1, -0.05) is 0 Å². The maximum absolute atomic E-state index is 3.92. The molecular formula is C8H8BrN3S. The Morgan fingerprint density at radius 2 is 2.46 bits per heavy atom. The third-order valence-electron chi connectivity index (χ3n) is 1.58. The minimum atomic E-state index is 0.832. The molecule has 0 bridgehead atoms. The predicted molar refractivity (Wildman–Crippen MR) is 57.9 cm³/mol. The van der Waals surface area contributed by atoms with E-state index in [-0.39, 0.29) is 0 Å². The monoisotopic (exact) mass is 257 g/mol. The molecule has 0 aliphatic rings. The van der Waals surface area contributed by atoms with Crippen LogP contribution in [0.25, 0.3) is 0 Å². The largest absolute Gasteiger partial charge is 0.365 e. The zero-order valence-electron chi connectivity index (χ0n) is 6.75. The number of nitrogens with zero attached hydrogens (tertiary/aromatic N) is 1. The number of nitrogens with one attached hydrogen (secondary N) is 2. The third-order valence-corrected chi connectivity index (χ3v) is 3.20. The molecule has 0 spiro atoms. The molecule has 0 unspecified atom stereocenters. The zero-order valence-corrected chi connectivity index (χ0v) is 9.15. The van der Waals surface area contributed by atoms with E-state index in [2.05, 4.69) is 43.3 Å². The van der Waals surface area contributed by atoms with E-state index in [1.807, 2.05) is 0 Å². The number of anilines is 1. The number of H-pyrrole nitrogens is 1. The molecule has 13 heavy (non-hydrogen) atoms. The summed E-state index contributed by atoms with van der Waals surface area (Å²) < 4.78 is 1.16. The van der Waals surface area contributed by atoms with Crippen molar-refractivity contribution >= 4 is 33.1 Å². The van der Waals surface area contributed by atoms with Crippen molar-refractivity contribution in [3.8, 4) is 0 Å². The molecule has 2 heterocycles. The van der Waals surface area contributed by atoms with Crippen molar-refractivity contribution in [3.05, 3.63) is 33.3 Å². The van der Waals surface area contributed by atoms with Crippen molar-refractivity contribution in [2.24, 2.45) is 0 Å². The minimum Gasteiger partial charge on any atom is -0.365 e. The van der Waals surface area contributed by atoms with Gasteiger partial charge in [0, 0.05) is 4.88 Å². The highest BCUT2D eigenvalue weighted by molar-refractivity contribution is 9.11. The lowest BCUT2D eigenvalue weighted by atomic mass is 10.4. The molecular weight excluding hydrogens is 250 g/mol. The van der Waals surface area contributed by atoms with Gasteiger partial charge in [0.25, 0.3) is 0 Å². The van der Waals surface area contributed by atoms with Crippen LogP contribution in [0.15, 0.2) is 28.4 Å². The quantitative estimate of drug-likeness (QED) is 0.888. The normalized spacial score (nSPS) is 10.2. The van der Waals surface area contributed by atoms with Crippen LogP contribution in [0.2, 0.25) is 0 Å². The summed E-state index contributed by atoms with van der Waals surface area (Å²) in [5.41, 5.74) is 0. The minimum absolute atomic E-state index is 0.832. The number of rotatable bonds is 3. The Labute approximate surface area is 88.3 Å². The second kappa shape index (κ2) is 3.93. The van der Waals surface area contributed by atoms with Gasteiger partial charge < -0.3 is 10.3 Å². The van der Waals surface area contributed by atoms with Gasteiger partial charge in [-0.25, -0.2) is 4.98 Å². The van der Waals surface area contributed by atoms with Crippen molar-refractivity contribution in [2.45, 2.75) is 6.54 Å². The highest BCUT2D eigenvalue weighted by atomic mass is 79.9. The summed E-state index contributed by atoms with van der Waals surface area (Å²) >= 11 is 5.15.